The number of nitrogens with two attached hydrogens (primary N) is 1. The molecule has 3 rings (SSSR count). The highest BCUT2D eigenvalue weighted by Crippen LogP contribution is 2.37. The number of hydrogen-bond acceptors (Lipinski definition) is 2. The fourth-order valence-electron chi connectivity index (χ4n) is 2.68. The van der Waals surface area contributed by atoms with E-state index in [2.05, 4.69) is 49.4 Å². The summed E-state index contributed by atoms with van der Waals surface area (Å²) in [7, 11) is 0. The van der Waals surface area contributed by atoms with Crippen LogP contribution in [0, 0.1) is 0 Å². The molecule has 2 unspecified atom stereocenters. The Balaban J connectivity index is 1.85. The van der Waals surface area contributed by atoms with Gasteiger partial charge in [0.15, 0.2) is 0 Å². The lowest BCUT2D eigenvalue weighted by Crippen LogP contribution is -2.24. The fraction of sp³-hybridized carbons (Fsp3) is 0.294. The van der Waals surface area contributed by atoms with Gasteiger partial charge in [-0.05, 0) is 30.0 Å². The molecule has 2 atom stereocenters. The van der Waals surface area contributed by atoms with Gasteiger partial charge in [0, 0.05) is 5.56 Å². The summed E-state index contributed by atoms with van der Waals surface area (Å²) in [5, 5.41) is 0. The molecule has 0 aliphatic carbocycles. The maximum absolute atomic E-state index is 6.24. The van der Waals surface area contributed by atoms with Crippen LogP contribution < -0.4 is 10.5 Å². The summed E-state index contributed by atoms with van der Waals surface area (Å²) < 4.78 is 5.85. The number of ether oxygens (including phenoxy) is 1. The van der Waals surface area contributed by atoms with Gasteiger partial charge in [0.05, 0.1) is 6.04 Å². The van der Waals surface area contributed by atoms with Crippen LogP contribution in [0.3, 0.4) is 0 Å². The average Bonchev–Trinajstić information content (AvgIpc) is 2.77. The second kappa shape index (κ2) is 5.06. The molecule has 2 N–H and O–H groups in total. The van der Waals surface area contributed by atoms with Crippen LogP contribution in [0.2, 0.25) is 0 Å². The van der Waals surface area contributed by atoms with Gasteiger partial charge in [-0.3, -0.25) is 0 Å². The largest absolute Gasteiger partial charge is 0.488 e. The van der Waals surface area contributed by atoms with E-state index in [1.54, 1.807) is 0 Å². The van der Waals surface area contributed by atoms with Crippen molar-refractivity contribution in [1.29, 1.82) is 0 Å². The SMILES string of the molecule is CCC1Oc2ccc(Cc3ccccc3)cc2C1N. The van der Waals surface area contributed by atoms with Crippen molar-refractivity contribution in [3.05, 3.63) is 65.2 Å². The van der Waals surface area contributed by atoms with Crippen molar-refractivity contribution in [2.45, 2.75) is 31.9 Å². The zero-order chi connectivity index (χ0) is 13.2. The molecule has 2 aromatic carbocycles. The van der Waals surface area contributed by atoms with Crippen LogP contribution >= 0.6 is 0 Å². The Kier molecular flexibility index (Phi) is 3.26. The smallest absolute Gasteiger partial charge is 0.124 e. The highest BCUT2D eigenvalue weighted by Gasteiger charge is 2.30. The van der Waals surface area contributed by atoms with Crippen molar-refractivity contribution < 1.29 is 4.74 Å². The average molecular weight is 253 g/mol. The molecule has 2 aromatic rings. The molecular formula is C17H19NO. The van der Waals surface area contributed by atoms with Crippen molar-refractivity contribution in [2.75, 3.05) is 0 Å². The van der Waals surface area contributed by atoms with Crippen LogP contribution in [0.5, 0.6) is 5.75 Å². The Morgan fingerprint density at radius 3 is 2.58 bits per heavy atom. The standard InChI is InChI=1S/C17H19NO/c1-2-15-17(18)14-11-13(8-9-16(14)19-15)10-12-6-4-3-5-7-12/h3-9,11,15,17H,2,10,18H2,1H3. The van der Waals surface area contributed by atoms with E-state index in [1.165, 1.54) is 11.1 Å². The van der Waals surface area contributed by atoms with Crippen LogP contribution in [-0.4, -0.2) is 6.10 Å². The second-order valence-electron chi connectivity index (χ2n) is 5.12. The Hall–Kier alpha value is -1.80. The Labute approximate surface area is 114 Å². The van der Waals surface area contributed by atoms with E-state index in [0.717, 1.165) is 24.2 Å². The molecule has 2 nitrogen and oxygen atoms in total. The van der Waals surface area contributed by atoms with Gasteiger partial charge in [-0.1, -0.05) is 49.4 Å². The minimum Gasteiger partial charge on any atom is -0.488 e. The van der Waals surface area contributed by atoms with E-state index >= 15 is 0 Å². The predicted molar refractivity (Wildman–Crippen MR) is 77.3 cm³/mol. The third-order valence-corrected chi connectivity index (χ3v) is 3.77. The van der Waals surface area contributed by atoms with Crippen molar-refractivity contribution in [2.24, 2.45) is 5.73 Å². The number of rotatable bonds is 3. The first-order valence-electron chi connectivity index (χ1n) is 6.87. The van der Waals surface area contributed by atoms with Gasteiger partial charge in [0.25, 0.3) is 0 Å². The van der Waals surface area contributed by atoms with Gasteiger partial charge < -0.3 is 10.5 Å². The lowest BCUT2D eigenvalue weighted by atomic mass is 9.98. The Morgan fingerprint density at radius 2 is 1.84 bits per heavy atom. The molecule has 2 heteroatoms. The van der Waals surface area contributed by atoms with Gasteiger partial charge in [0.1, 0.15) is 11.9 Å². The molecular weight excluding hydrogens is 234 g/mol. The van der Waals surface area contributed by atoms with Gasteiger partial charge in [-0.15, -0.1) is 0 Å². The number of fused-ring (bicyclic) bond motifs is 1. The third kappa shape index (κ3) is 2.36. The molecule has 0 saturated heterocycles. The van der Waals surface area contributed by atoms with Gasteiger partial charge in [-0.2, -0.15) is 0 Å². The van der Waals surface area contributed by atoms with Gasteiger partial charge in [0.2, 0.25) is 0 Å². The maximum atomic E-state index is 6.24. The summed E-state index contributed by atoms with van der Waals surface area (Å²) in [6.07, 6.45) is 2.02. The van der Waals surface area contributed by atoms with Gasteiger partial charge in [-0.25, -0.2) is 0 Å². The molecule has 0 aromatic heterocycles. The van der Waals surface area contributed by atoms with Crippen LogP contribution in [-0.2, 0) is 6.42 Å². The first-order chi connectivity index (χ1) is 9.28. The van der Waals surface area contributed by atoms with E-state index in [-0.39, 0.29) is 12.1 Å². The van der Waals surface area contributed by atoms with Crippen molar-refractivity contribution in [3.63, 3.8) is 0 Å². The zero-order valence-corrected chi connectivity index (χ0v) is 11.2. The molecule has 1 aliphatic heterocycles. The molecule has 0 saturated carbocycles. The Bertz CT molecular complexity index is 565. The summed E-state index contributed by atoms with van der Waals surface area (Å²) in [5.74, 6) is 0.955. The van der Waals surface area contributed by atoms with Crippen molar-refractivity contribution in [1.82, 2.24) is 0 Å². The molecule has 98 valence electrons. The van der Waals surface area contributed by atoms with Crippen molar-refractivity contribution >= 4 is 0 Å². The maximum Gasteiger partial charge on any atom is 0.124 e. The molecule has 0 amide bonds. The van der Waals surface area contributed by atoms with E-state index in [0.29, 0.717) is 0 Å². The second-order valence-corrected chi connectivity index (χ2v) is 5.12. The van der Waals surface area contributed by atoms with E-state index in [1.807, 2.05) is 6.07 Å². The molecule has 0 fully saturated rings. The summed E-state index contributed by atoms with van der Waals surface area (Å²) in [5.41, 5.74) is 10.0. The summed E-state index contributed by atoms with van der Waals surface area (Å²) in [4.78, 5) is 0. The molecule has 19 heavy (non-hydrogen) atoms. The van der Waals surface area contributed by atoms with Crippen LogP contribution in [0.1, 0.15) is 36.1 Å². The van der Waals surface area contributed by atoms with Crippen molar-refractivity contribution in [3.8, 4) is 5.75 Å². The predicted octanol–water partition coefficient (Wildman–Crippen LogP) is 3.45. The third-order valence-electron chi connectivity index (χ3n) is 3.77. The van der Waals surface area contributed by atoms with E-state index in [9.17, 15) is 0 Å². The summed E-state index contributed by atoms with van der Waals surface area (Å²) in [6.45, 7) is 2.11. The van der Waals surface area contributed by atoms with Gasteiger partial charge >= 0.3 is 0 Å². The summed E-state index contributed by atoms with van der Waals surface area (Å²) in [6, 6.07) is 16.9. The minimum absolute atomic E-state index is 0.00993. The minimum atomic E-state index is 0.00993. The quantitative estimate of drug-likeness (QED) is 0.909. The van der Waals surface area contributed by atoms with Crippen LogP contribution in [0.4, 0.5) is 0 Å². The zero-order valence-electron chi connectivity index (χ0n) is 11.2. The lowest BCUT2D eigenvalue weighted by Gasteiger charge is -2.11. The lowest BCUT2D eigenvalue weighted by molar-refractivity contribution is 0.202. The van der Waals surface area contributed by atoms with Crippen LogP contribution in [0.25, 0.3) is 0 Å². The van der Waals surface area contributed by atoms with Crippen LogP contribution in [0.15, 0.2) is 48.5 Å². The highest BCUT2D eigenvalue weighted by molar-refractivity contribution is 5.44. The fourth-order valence-corrected chi connectivity index (χ4v) is 2.68. The number of benzene rings is 2. The number of hydrogen-bond donors (Lipinski definition) is 1. The van der Waals surface area contributed by atoms with E-state index in [4.69, 9.17) is 10.5 Å². The monoisotopic (exact) mass is 253 g/mol. The highest BCUT2D eigenvalue weighted by atomic mass is 16.5. The first-order valence-corrected chi connectivity index (χ1v) is 6.87. The molecule has 0 bridgehead atoms. The Morgan fingerprint density at radius 1 is 1.05 bits per heavy atom. The molecule has 1 heterocycles. The molecule has 1 aliphatic rings. The summed E-state index contributed by atoms with van der Waals surface area (Å²) >= 11 is 0. The normalized spacial score (nSPS) is 20.9. The molecule has 0 radical (unpaired) electrons. The first kappa shape index (κ1) is 12.2. The topological polar surface area (TPSA) is 35.2 Å². The molecule has 0 spiro atoms. The van der Waals surface area contributed by atoms with E-state index < -0.39 is 0 Å².